The second kappa shape index (κ2) is 10.3. The standard InChI is InChI=1S/C19H19FN6O3S.2ClH/c1-9(12-5-13(20)7-21-6-12)22-19-24-14(15-16(25-19)23-10(2)30-15)17(27)26-4-3-11(8-26)18(28)29;;/h5-7,9,11H,3-4,8H2,1-2H3,(H,28,29)(H,22,24,25);2*1H/t9-,11?;;/m0../s1. The Hall–Kier alpha value is -2.63. The minimum Gasteiger partial charge on any atom is -0.481 e. The van der Waals surface area contributed by atoms with E-state index in [2.05, 4.69) is 25.3 Å². The van der Waals surface area contributed by atoms with Crippen LogP contribution >= 0.6 is 36.2 Å². The third kappa shape index (κ3) is 5.22. The topological polar surface area (TPSA) is 121 Å². The van der Waals surface area contributed by atoms with Gasteiger partial charge >= 0.3 is 5.97 Å². The Balaban J connectivity index is 0.00000181. The molecule has 3 aromatic rings. The molecule has 13 heteroatoms. The number of amides is 1. The van der Waals surface area contributed by atoms with Gasteiger partial charge in [0.1, 0.15) is 10.5 Å². The van der Waals surface area contributed by atoms with Crippen LogP contribution in [0.1, 0.15) is 40.4 Å². The van der Waals surface area contributed by atoms with Gasteiger partial charge in [0.15, 0.2) is 11.3 Å². The van der Waals surface area contributed by atoms with E-state index < -0.39 is 17.7 Å². The number of hydrogen-bond acceptors (Lipinski definition) is 8. The largest absolute Gasteiger partial charge is 0.481 e. The van der Waals surface area contributed by atoms with E-state index in [0.29, 0.717) is 28.9 Å². The number of likely N-dealkylation sites (tertiary alicyclic amines) is 1. The average molecular weight is 503 g/mol. The van der Waals surface area contributed by atoms with E-state index >= 15 is 0 Å². The van der Waals surface area contributed by atoms with Crippen molar-refractivity contribution in [2.45, 2.75) is 26.3 Å². The number of aryl methyl sites for hydroxylation is 1. The molecule has 32 heavy (non-hydrogen) atoms. The normalized spacial score (nSPS) is 16.2. The summed E-state index contributed by atoms with van der Waals surface area (Å²) in [4.78, 5) is 42.9. The lowest BCUT2D eigenvalue weighted by Gasteiger charge is -2.17. The predicted molar refractivity (Wildman–Crippen MR) is 122 cm³/mol. The fourth-order valence-corrected chi connectivity index (χ4v) is 4.22. The van der Waals surface area contributed by atoms with Gasteiger partial charge < -0.3 is 15.3 Å². The molecule has 3 aromatic heterocycles. The minimum absolute atomic E-state index is 0. The molecular weight excluding hydrogens is 482 g/mol. The van der Waals surface area contributed by atoms with Crippen molar-refractivity contribution in [3.63, 3.8) is 0 Å². The van der Waals surface area contributed by atoms with Gasteiger partial charge in [0.05, 0.1) is 23.2 Å². The number of anilines is 1. The highest BCUT2D eigenvalue weighted by Gasteiger charge is 2.33. The molecule has 0 spiro atoms. The lowest BCUT2D eigenvalue weighted by molar-refractivity contribution is -0.141. The second-order valence-electron chi connectivity index (χ2n) is 7.16. The van der Waals surface area contributed by atoms with Gasteiger partial charge in [-0.2, -0.15) is 4.98 Å². The molecule has 9 nitrogen and oxygen atoms in total. The lowest BCUT2D eigenvalue weighted by atomic mass is 10.1. The summed E-state index contributed by atoms with van der Waals surface area (Å²) in [6.45, 7) is 4.11. The Kier molecular flexibility index (Phi) is 8.27. The molecule has 0 aliphatic carbocycles. The van der Waals surface area contributed by atoms with E-state index in [1.807, 2.05) is 6.92 Å². The number of carbonyl (C=O) groups excluding carboxylic acids is 1. The first-order valence-corrected chi connectivity index (χ1v) is 10.2. The van der Waals surface area contributed by atoms with Crippen LogP contribution < -0.4 is 5.32 Å². The van der Waals surface area contributed by atoms with Crippen LogP contribution in [0, 0.1) is 18.7 Å². The van der Waals surface area contributed by atoms with E-state index in [4.69, 9.17) is 0 Å². The third-order valence-electron chi connectivity index (χ3n) is 4.96. The zero-order chi connectivity index (χ0) is 21.4. The van der Waals surface area contributed by atoms with Crippen LogP contribution in [0.25, 0.3) is 10.3 Å². The Morgan fingerprint density at radius 3 is 2.69 bits per heavy atom. The fraction of sp³-hybridized carbons (Fsp3) is 0.368. The maximum absolute atomic E-state index is 13.5. The highest BCUT2D eigenvalue weighted by atomic mass is 35.5. The van der Waals surface area contributed by atoms with Gasteiger partial charge in [-0.1, -0.05) is 0 Å². The first-order chi connectivity index (χ1) is 14.3. The van der Waals surface area contributed by atoms with Gasteiger partial charge in [-0.25, -0.2) is 14.4 Å². The number of aliphatic carboxylic acids is 1. The summed E-state index contributed by atoms with van der Waals surface area (Å²) in [5, 5.41) is 13.0. The maximum atomic E-state index is 13.5. The van der Waals surface area contributed by atoms with Gasteiger partial charge in [-0.3, -0.25) is 14.6 Å². The van der Waals surface area contributed by atoms with Gasteiger partial charge in [0, 0.05) is 19.3 Å². The summed E-state index contributed by atoms with van der Waals surface area (Å²) in [5.41, 5.74) is 1.17. The Labute approximate surface area is 199 Å². The van der Waals surface area contributed by atoms with Crippen molar-refractivity contribution in [3.05, 3.63) is 40.5 Å². The van der Waals surface area contributed by atoms with E-state index in [1.165, 1.54) is 28.5 Å². The summed E-state index contributed by atoms with van der Waals surface area (Å²) >= 11 is 1.31. The first kappa shape index (κ1) is 25.6. The molecule has 1 amide bonds. The van der Waals surface area contributed by atoms with Crippen molar-refractivity contribution in [2.24, 2.45) is 5.92 Å². The Morgan fingerprint density at radius 1 is 1.28 bits per heavy atom. The molecule has 1 saturated heterocycles. The maximum Gasteiger partial charge on any atom is 0.308 e. The van der Waals surface area contributed by atoms with Gasteiger partial charge in [0.2, 0.25) is 5.95 Å². The highest BCUT2D eigenvalue weighted by molar-refractivity contribution is 7.18. The molecule has 2 atom stereocenters. The monoisotopic (exact) mass is 502 g/mol. The number of fused-ring (bicyclic) bond motifs is 1. The van der Waals surface area contributed by atoms with Crippen LogP contribution in [0.5, 0.6) is 0 Å². The molecule has 2 N–H and O–H groups in total. The van der Waals surface area contributed by atoms with E-state index in [9.17, 15) is 19.1 Å². The zero-order valence-corrected chi connectivity index (χ0v) is 19.6. The molecule has 4 rings (SSSR count). The van der Waals surface area contributed by atoms with Crippen LogP contribution in [0.3, 0.4) is 0 Å². The number of aromatic nitrogens is 4. The lowest BCUT2D eigenvalue weighted by Crippen LogP contribution is -2.31. The van der Waals surface area contributed by atoms with Crippen molar-refractivity contribution < 1.29 is 19.1 Å². The summed E-state index contributed by atoms with van der Waals surface area (Å²) in [6.07, 6.45) is 3.06. The van der Waals surface area contributed by atoms with Crippen molar-refractivity contribution in [1.29, 1.82) is 0 Å². The molecule has 0 aromatic carbocycles. The van der Waals surface area contributed by atoms with Crippen LogP contribution in [0.4, 0.5) is 10.3 Å². The number of nitrogens with one attached hydrogen (secondary N) is 1. The minimum atomic E-state index is -0.911. The number of rotatable bonds is 5. The van der Waals surface area contributed by atoms with Crippen LogP contribution in [0.15, 0.2) is 18.5 Å². The van der Waals surface area contributed by atoms with Gasteiger partial charge in [-0.05, 0) is 31.9 Å². The third-order valence-corrected chi connectivity index (χ3v) is 5.93. The van der Waals surface area contributed by atoms with Crippen molar-refractivity contribution >= 4 is 64.3 Å². The van der Waals surface area contributed by atoms with E-state index in [1.54, 1.807) is 6.92 Å². The van der Waals surface area contributed by atoms with Gasteiger partial charge in [0.25, 0.3) is 5.91 Å². The number of halogens is 3. The van der Waals surface area contributed by atoms with Crippen LogP contribution in [-0.4, -0.2) is 54.9 Å². The number of carbonyl (C=O) groups is 2. The molecule has 1 aliphatic heterocycles. The highest BCUT2D eigenvalue weighted by Crippen LogP contribution is 2.28. The van der Waals surface area contributed by atoms with E-state index in [0.717, 1.165) is 11.2 Å². The van der Waals surface area contributed by atoms with Crippen molar-refractivity contribution in [3.8, 4) is 0 Å². The Morgan fingerprint density at radius 2 is 2.03 bits per heavy atom. The van der Waals surface area contributed by atoms with Gasteiger partial charge in [-0.15, -0.1) is 36.2 Å². The fourth-order valence-electron chi connectivity index (χ4n) is 3.38. The molecule has 1 fully saturated rings. The Bertz CT molecular complexity index is 1150. The van der Waals surface area contributed by atoms with Crippen LogP contribution in [-0.2, 0) is 4.79 Å². The first-order valence-electron chi connectivity index (χ1n) is 9.36. The molecule has 0 saturated carbocycles. The van der Waals surface area contributed by atoms with E-state index in [-0.39, 0.29) is 55.0 Å². The molecule has 0 bridgehead atoms. The molecule has 0 radical (unpaired) electrons. The quantitative estimate of drug-likeness (QED) is 0.543. The summed E-state index contributed by atoms with van der Waals surface area (Å²) < 4.78 is 14.0. The number of hydrogen-bond donors (Lipinski definition) is 2. The molecule has 172 valence electrons. The number of pyridine rings is 1. The summed E-state index contributed by atoms with van der Waals surface area (Å²) in [6, 6.07) is 0.995. The molecule has 4 heterocycles. The number of carboxylic acid groups (broad SMARTS) is 1. The number of thiazole rings is 1. The number of carboxylic acids is 1. The molecular formula is C19H21Cl2FN6O3S. The van der Waals surface area contributed by atoms with Crippen LogP contribution in [0.2, 0.25) is 0 Å². The molecule has 1 aliphatic rings. The second-order valence-corrected chi connectivity index (χ2v) is 8.36. The number of nitrogens with zero attached hydrogens (tertiary/aromatic N) is 5. The molecule has 1 unspecified atom stereocenters. The summed E-state index contributed by atoms with van der Waals surface area (Å²) in [5.74, 6) is -2.11. The van der Waals surface area contributed by atoms with Crippen molar-refractivity contribution in [1.82, 2.24) is 24.8 Å². The SMILES string of the molecule is Cc1nc2nc(N[C@@H](C)c3cncc(F)c3)nc(C(=O)N3CCC(C(=O)O)C3)c2s1.Cl.Cl. The summed E-state index contributed by atoms with van der Waals surface area (Å²) in [7, 11) is 0. The smallest absolute Gasteiger partial charge is 0.308 e. The van der Waals surface area contributed by atoms with Crippen molar-refractivity contribution in [2.75, 3.05) is 18.4 Å². The predicted octanol–water partition coefficient (Wildman–Crippen LogP) is 3.49. The zero-order valence-electron chi connectivity index (χ0n) is 17.1. The average Bonchev–Trinajstić information content (AvgIpc) is 3.33.